The molecule has 7 heteroatoms. The van der Waals surface area contributed by atoms with Gasteiger partial charge >= 0.3 is 5.97 Å². The maximum atomic E-state index is 12.1. The molecule has 2 heterocycles. The van der Waals surface area contributed by atoms with E-state index in [0.717, 1.165) is 11.1 Å². The van der Waals surface area contributed by atoms with Gasteiger partial charge in [-0.2, -0.15) is 0 Å². The Morgan fingerprint density at radius 2 is 1.92 bits per heavy atom. The first-order valence-corrected chi connectivity index (χ1v) is 8.03. The number of carbonyl (C=O) groups excluding carboxylic acids is 2. The number of nitrogens with zero attached hydrogens (tertiary/aromatic N) is 2. The number of pyridine rings is 1. The zero-order valence-electron chi connectivity index (χ0n) is 14.8. The summed E-state index contributed by atoms with van der Waals surface area (Å²) >= 11 is 0. The van der Waals surface area contributed by atoms with Crippen LogP contribution in [0.15, 0.2) is 42.7 Å². The molecule has 0 fully saturated rings. The number of aryl methyl sites for hydroxylation is 2. The molecule has 1 aromatic carbocycles. The Bertz CT molecular complexity index is 978. The van der Waals surface area contributed by atoms with Crippen molar-refractivity contribution in [3.8, 4) is 5.75 Å². The molecular formula is C19H19N3O4. The van der Waals surface area contributed by atoms with E-state index in [-0.39, 0.29) is 5.69 Å². The van der Waals surface area contributed by atoms with Crippen molar-refractivity contribution < 1.29 is 19.1 Å². The van der Waals surface area contributed by atoms with E-state index in [1.807, 2.05) is 38.2 Å². The van der Waals surface area contributed by atoms with Crippen LogP contribution in [0.1, 0.15) is 21.6 Å². The molecule has 0 aliphatic heterocycles. The molecule has 0 aliphatic rings. The van der Waals surface area contributed by atoms with Crippen LogP contribution in [0.5, 0.6) is 5.75 Å². The second-order valence-corrected chi connectivity index (χ2v) is 5.92. The van der Waals surface area contributed by atoms with Crippen LogP contribution in [0.4, 0.5) is 5.69 Å². The molecule has 7 nitrogen and oxygen atoms in total. The number of nitrogens with one attached hydrogen (secondary N) is 1. The van der Waals surface area contributed by atoms with E-state index >= 15 is 0 Å². The van der Waals surface area contributed by atoms with Crippen molar-refractivity contribution >= 4 is 23.2 Å². The van der Waals surface area contributed by atoms with Crippen LogP contribution in [0.3, 0.4) is 0 Å². The standard InChI is InChI=1S/C19H19N3O4/c1-12-4-5-16(25-3)14(8-12)21-18(23)11-26-19(24)15-10-22-7-6-13(2)9-17(22)20-15/h4-10H,11H2,1-3H3,(H,21,23). The summed E-state index contributed by atoms with van der Waals surface area (Å²) in [5.74, 6) is -0.578. The molecule has 1 N–H and O–H groups in total. The van der Waals surface area contributed by atoms with Gasteiger partial charge in [0.2, 0.25) is 0 Å². The number of methoxy groups -OCH3 is 1. The van der Waals surface area contributed by atoms with Crippen molar-refractivity contribution in [3.05, 3.63) is 59.5 Å². The van der Waals surface area contributed by atoms with Crippen molar-refractivity contribution in [1.29, 1.82) is 0 Å². The minimum atomic E-state index is -0.655. The molecule has 2 aromatic heterocycles. The summed E-state index contributed by atoms with van der Waals surface area (Å²) in [4.78, 5) is 28.4. The predicted molar refractivity (Wildman–Crippen MR) is 96.6 cm³/mol. The molecule has 3 aromatic rings. The summed E-state index contributed by atoms with van der Waals surface area (Å²) in [7, 11) is 1.52. The molecule has 0 aliphatic carbocycles. The average molecular weight is 353 g/mol. The van der Waals surface area contributed by atoms with Gasteiger partial charge in [-0.3, -0.25) is 4.79 Å². The normalized spacial score (nSPS) is 10.6. The molecule has 0 saturated carbocycles. The Labute approximate surface area is 150 Å². The molecule has 0 atom stereocenters. The first kappa shape index (κ1) is 17.5. The van der Waals surface area contributed by atoms with Crippen LogP contribution in [-0.4, -0.2) is 35.0 Å². The Balaban J connectivity index is 1.63. The number of esters is 1. The number of benzene rings is 1. The number of fused-ring (bicyclic) bond motifs is 1. The lowest BCUT2D eigenvalue weighted by Crippen LogP contribution is -2.21. The molecule has 0 spiro atoms. The fourth-order valence-corrected chi connectivity index (χ4v) is 2.49. The Morgan fingerprint density at radius 3 is 2.69 bits per heavy atom. The molecule has 3 rings (SSSR count). The van der Waals surface area contributed by atoms with Crippen LogP contribution in [-0.2, 0) is 9.53 Å². The summed E-state index contributed by atoms with van der Waals surface area (Å²) in [6, 6.07) is 9.18. The summed E-state index contributed by atoms with van der Waals surface area (Å²) in [5, 5.41) is 2.68. The van der Waals surface area contributed by atoms with Crippen LogP contribution in [0, 0.1) is 13.8 Å². The molecular weight excluding hydrogens is 334 g/mol. The van der Waals surface area contributed by atoms with E-state index in [1.165, 1.54) is 7.11 Å². The van der Waals surface area contributed by atoms with Crippen molar-refractivity contribution in [2.75, 3.05) is 19.0 Å². The fraction of sp³-hybridized carbons (Fsp3) is 0.211. The largest absolute Gasteiger partial charge is 0.495 e. The average Bonchev–Trinajstić information content (AvgIpc) is 3.03. The van der Waals surface area contributed by atoms with Gasteiger partial charge in [-0.15, -0.1) is 0 Å². The number of aromatic nitrogens is 2. The Kier molecular flexibility index (Phi) is 4.88. The quantitative estimate of drug-likeness (QED) is 0.713. The monoisotopic (exact) mass is 353 g/mol. The lowest BCUT2D eigenvalue weighted by atomic mass is 10.2. The highest BCUT2D eigenvalue weighted by Gasteiger charge is 2.15. The van der Waals surface area contributed by atoms with Crippen LogP contribution in [0.25, 0.3) is 5.65 Å². The van der Waals surface area contributed by atoms with Crippen molar-refractivity contribution in [2.45, 2.75) is 13.8 Å². The van der Waals surface area contributed by atoms with Gasteiger partial charge in [0.1, 0.15) is 11.4 Å². The van der Waals surface area contributed by atoms with E-state index < -0.39 is 18.5 Å². The summed E-state index contributed by atoms with van der Waals surface area (Å²) < 4.78 is 12.0. The third kappa shape index (κ3) is 3.83. The first-order valence-electron chi connectivity index (χ1n) is 8.03. The highest BCUT2D eigenvalue weighted by Crippen LogP contribution is 2.25. The zero-order valence-corrected chi connectivity index (χ0v) is 14.8. The summed E-state index contributed by atoms with van der Waals surface area (Å²) in [6.45, 7) is 3.43. The summed E-state index contributed by atoms with van der Waals surface area (Å²) in [6.07, 6.45) is 3.38. The zero-order chi connectivity index (χ0) is 18.7. The molecule has 0 saturated heterocycles. The lowest BCUT2D eigenvalue weighted by molar-refractivity contribution is -0.119. The number of ether oxygens (including phenoxy) is 2. The smallest absolute Gasteiger partial charge is 0.359 e. The SMILES string of the molecule is COc1ccc(C)cc1NC(=O)COC(=O)c1cn2ccc(C)cc2n1. The number of rotatable bonds is 5. The van der Waals surface area contributed by atoms with Crippen LogP contribution >= 0.6 is 0 Å². The van der Waals surface area contributed by atoms with E-state index in [9.17, 15) is 9.59 Å². The second kappa shape index (κ2) is 7.26. The van der Waals surface area contributed by atoms with E-state index in [2.05, 4.69) is 10.3 Å². The van der Waals surface area contributed by atoms with Crippen molar-refractivity contribution in [2.24, 2.45) is 0 Å². The lowest BCUT2D eigenvalue weighted by Gasteiger charge is -2.11. The van der Waals surface area contributed by atoms with E-state index in [1.54, 1.807) is 22.7 Å². The van der Waals surface area contributed by atoms with Crippen molar-refractivity contribution in [3.63, 3.8) is 0 Å². The molecule has 0 radical (unpaired) electrons. The number of imidazole rings is 1. The minimum Gasteiger partial charge on any atom is -0.495 e. The van der Waals surface area contributed by atoms with E-state index in [0.29, 0.717) is 17.1 Å². The maximum Gasteiger partial charge on any atom is 0.359 e. The highest BCUT2D eigenvalue weighted by atomic mass is 16.5. The highest BCUT2D eigenvalue weighted by molar-refractivity contribution is 5.96. The number of carbonyl (C=O) groups is 2. The van der Waals surface area contributed by atoms with Crippen LogP contribution < -0.4 is 10.1 Å². The topological polar surface area (TPSA) is 81.9 Å². The maximum absolute atomic E-state index is 12.1. The predicted octanol–water partition coefficient (Wildman–Crippen LogP) is 2.76. The van der Waals surface area contributed by atoms with Gasteiger partial charge in [0.05, 0.1) is 12.8 Å². The van der Waals surface area contributed by atoms with Gasteiger partial charge in [-0.1, -0.05) is 6.07 Å². The minimum absolute atomic E-state index is 0.150. The number of amides is 1. The molecule has 1 amide bonds. The summed E-state index contributed by atoms with van der Waals surface area (Å²) in [5.41, 5.74) is 3.33. The first-order chi connectivity index (χ1) is 12.5. The van der Waals surface area contributed by atoms with Gasteiger partial charge in [-0.25, -0.2) is 9.78 Å². The van der Waals surface area contributed by atoms with Crippen LogP contribution in [0.2, 0.25) is 0 Å². The van der Waals surface area contributed by atoms with Gasteiger partial charge in [0.15, 0.2) is 12.3 Å². The molecule has 134 valence electrons. The van der Waals surface area contributed by atoms with Gasteiger partial charge < -0.3 is 19.2 Å². The molecule has 0 bridgehead atoms. The third-order valence-corrected chi connectivity index (χ3v) is 3.79. The van der Waals surface area contributed by atoms with Gasteiger partial charge in [0, 0.05) is 12.4 Å². The molecule has 0 unspecified atom stereocenters. The number of hydrogen-bond acceptors (Lipinski definition) is 5. The van der Waals surface area contributed by atoms with Gasteiger partial charge in [-0.05, 0) is 49.2 Å². The Hall–Kier alpha value is -3.35. The Morgan fingerprint density at radius 1 is 1.15 bits per heavy atom. The third-order valence-electron chi connectivity index (χ3n) is 3.79. The van der Waals surface area contributed by atoms with E-state index in [4.69, 9.17) is 9.47 Å². The van der Waals surface area contributed by atoms with Crippen molar-refractivity contribution in [1.82, 2.24) is 9.38 Å². The fourth-order valence-electron chi connectivity index (χ4n) is 2.49. The number of anilines is 1. The second-order valence-electron chi connectivity index (χ2n) is 5.92. The molecule has 26 heavy (non-hydrogen) atoms. The number of hydrogen-bond donors (Lipinski definition) is 1. The van der Waals surface area contributed by atoms with Gasteiger partial charge in [0.25, 0.3) is 5.91 Å².